The fraction of sp³-hybridized carbons (Fsp3) is 0.217. The van der Waals surface area contributed by atoms with Crippen molar-refractivity contribution in [2.45, 2.75) is 25.7 Å². The zero-order chi connectivity index (χ0) is 19.3. The largest absolute Gasteiger partial charge is 0.350 e. The molecule has 2 heterocycles. The average molecular weight is 371 g/mol. The Morgan fingerprint density at radius 2 is 1.93 bits per heavy atom. The molecule has 0 fully saturated rings. The Hall–Kier alpha value is -3.34. The normalized spacial score (nSPS) is 13.2. The predicted molar refractivity (Wildman–Crippen MR) is 112 cm³/mol. The smallest absolute Gasteiger partial charge is 0.251 e. The van der Waals surface area contributed by atoms with Crippen molar-refractivity contribution < 1.29 is 4.79 Å². The second-order valence-corrected chi connectivity index (χ2v) is 7.53. The number of aromatic nitrogens is 2. The molecule has 0 unspecified atom stereocenters. The summed E-state index contributed by atoms with van der Waals surface area (Å²) in [6.45, 7) is 0. The van der Waals surface area contributed by atoms with Gasteiger partial charge in [0.2, 0.25) is 5.91 Å². The lowest BCUT2D eigenvalue weighted by Gasteiger charge is -2.09. The lowest BCUT2D eigenvalue weighted by Crippen LogP contribution is -2.15. The molecule has 5 rings (SSSR count). The van der Waals surface area contributed by atoms with Crippen molar-refractivity contribution >= 4 is 33.4 Å². The Labute approximate surface area is 162 Å². The number of benzene rings is 2. The number of hydrogen-bond donors (Lipinski definition) is 2. The van der Waals surface area contributed by atoms with E-state index in [1.165, 1.54) is 0 Å². The van der Waals surface area contributed by atoms with Gasteiger partial charge in [-0.1, -0.05) is 24.3 Å². The predicted octanol–water partition coefficient (Wildman–Crippen LogP) is 3.69. The molecule has 1 amide bonds. The van der Waals surface area contributed by atoms with Gasteiger partial charge in [0.05, 0.1) is 11.9 Å². The summed E-state index contributed by atoms with van der Waals surface area (Å²) in [7, 11) is 1.99. The maximum atomic E-state index is 12.6. The van der Waals surface area contributed by atoms with E-state index in [2.05, 4.69) is 16.4 Å². The van der Waals surface area contributed by atoms with Crippen molar-refractivity contribution in [3.63, 3.8) is 0 Å². The van der Waals surface area contributed by atoms with Gasteiger partial charge in [-0.15, -0.1) is 0 Å². The van der Waals surface area contributed by atoms with Crippen LogP contribution in [0.1, 0.15) is 23.1 Å². The lowest BCUT2D eigenvalue weighted by atomic mass is 10.1. The molecule has 0 saturated carbocycles. The summed E-state index contributed by atoms with van der Waals surface area (Å²) in [6, 6.07) is 13.9. The van der Waals surface area contributed by atoms with Crippen molar-refractivity contribution in [2.24, 2.45) is 7.05 Å². The second kappa shape index (κ2) is 6.37. The first-order valence-corrected chi connectivity index (χ1v) is 9.61. The number of pyridine rings is 1. The number of nitrogens with zero attached hydrogens (tertiary/aromatic N) is 1. The minimum absolute atomic E-state index is 0.000711. The summed E-state index contributed by atoms with van der Waals surface area (Å²) < 4.78 is 2.04. The third kappa shape index (κ3) is 2.71. The van der Waals surface area contributed by atoms with Gasteiger partial charge in [0.15, 0.2) is 0 Å². The summed E-state index contributed by atoms with van der Waals surface area (Å²) in [4.78, 5) is 27.9. The molecule has 5 heteroatoms. The highest BCUT2D eigenvalue weighted by Gasteiger charge is 2.18. The van der Waals surface area contributed by atoms with Crippen LogP contribution >= 0.6 is 0 Å². The van der Waals surface area contributed by atoms with Crippen LogP contribution in [0.4, 0.5) is 5.69 Å². The average Bonchev–Trinajstić information content (AvgIpc) is 3.28. The zero-order valence-corrected chi connectivity index (χ0v) is 15.7. The second-order valence-electron chi connectivity index (χ2n) is 7.53. The molecule has 0 spiro atoms. The lowest BCUT2D eigenvalue weighted by molar-refractivity contribution is -0.115. The molecule has 0 saturated heterocycles. The van der Waals surface area contributed by atoms with E-state index in [9.17, 15) is 9.59 Å². The van der Waals surface area contributed by atoms with Crippen molar-refractivity contribution in [3.05, 3.63) is 75.7 Å². The Bertz CT molecular complexity index is 1300. The molecular weight excluding hydrogens is 350 g/mol. The van der Waals surface area contributed by atoms with Crippen LogP contribution in [0.3, 0.4) is 0 Å². The van der Waals surface area contributed by atoms with Gasteiger partial charge in [-0.2, -0.15) is 0 Å². The number of fused-ring (bicyclic) bond motifs is 4. The summed E-state index contributed by atoms with van der Waals surface area (Å²) in [5.74, 6) is -0.0702. The van der Waals surface area contributed by atoms with Gasteiger partial charge in [-0.25, -0.2) is 0 Å². The van der Waals surface area contributed by atoms with Gasteiger partial charge < -0.3 is 14.9 Å². The molecule has 0 aliphatic heterocycles. The molecule has 1 aliphatic carbocycles. The van der Waals surface area contributed by atoms with Crippen LogP contribution < -0.4 is 10.9 Å². The van der Waals surface area contributed by atoms with E-state index in [1.807, 2.05) is 54.2 Å². The number of H-pyrrole nitrogens is 1. The van der Waals surface area contributed by atoms with E-state index in [-0.39, 0.29) is 11.5 Å². The Morgan fingerprint density at radius 3 is 2.82 bits per heavy atom. The number of amides is 1. The van der Waals surface area contributed by atoms with Gasteiger partial charge in [-0.05, 0) is 48.6 Å². The molecule has 0 radical (unpaired) electrons. The first-order chi connectivity index (χ1) is 13.6. The molecule has 4 aromatic rings. The molecule has 0 bridgehead atoms. The van der Waals surface area contributed by atoms with E-state index in [0.29, 0.717) is 12.1 Å². The van der Waals surface area contributed by atoms with Crippen LogP contribution in [-0.2, 0) is 31.1 Å². The summed E-state index contributed by atoms with van der Waals surface area (Å²) >= 11 is 0. The van der Waals surface area contributed by atoms with Crippen LogP contribution in [0.15, 0.2) is 53.5 Å². The van der Waals surface area contributed by atoms with Crippen LogP contribution in [0.25, 0.3) is 21.8 Å². The summed E-state index contributed by atoms with van der Waals surface area (Å²) in [5, 5.41) is 5.15. The van der Waals surface area contributed by atoms with Gasteiger partial charge in [0.25, 0.3) is 5.56 Å². The van der Waals surface area contributed by atoms with Gasteiger partial charge in [0, 0.05) is 40.8 Å². The molecule has 140 valence electrons. The highest BCUT2D eigenvalue weighted by atomic mass is 16.1. The van der Waals surface area contributed by atoms with Crippen LogP contribution in [0.2, 0.25) is 0 Å². The Morgan fingerprint density at radius 1 is 1.11 bits per heavy atom. The topological polar surface area (TPSA) is 66.9 Å². The van der Waals surface area contributed by atoms with E-state index >= 15 is 0 Å². The molecular formula is C23H21N3O2. The first kappa shape index (κ1) is 16.8. The van der Waals surface area contributed by atoms with Crippen molar-refractivity contribution in [3.8, 4) is 0 Å². The monoisotopic (exact) mass is 371 g/mol. The fourth-order valence-corrected chi connectivity index (χ4v) is 4.42. The van der Waals surface area contributed by atoms with E-state index in [4.69, 9.17) is 0 Å². The van der Waals surface area contributed by atoms with Crippen molar-refractivity contribution in [1.82, 2.24) is 9.55 Å². The molecule has 2 N–H and O–H groups in total. The van der Waals surface area contributed by atoms with Gasteiger partial charge in [-0.3, -0.25) is 9.59 Å². The van der Waals surface area contributed by atoms with Gasteiger partial charge >= 0.3 is 0 Å². The standard InChI is InChI=1S/C23H21N3O2/c1-26-13-14(16-5-2-3-8-21(16)26)11-22(27)24-15-9-10-18-17-6-4-7-19(17)23(28)25-20(18)12-15/h2-3,5,8-10,12-13H,4,6-7,11H2,1H3,(H,24,27)(H,25,28). The number of carbonyl (C=O) groups excluding carboxylic acids is 1. The molecule has 0 atom stereocenters. The number of carbonyl (C=O) groups is 1. The highest BCUT2D eigenvalue weighted by molar-refractivity contribution is 5.97. The summed E-state index contributed by atoms with van der Waals surface area (Å²) in [5.41, 5.74) is 5.68. The Kier molecular flexibility index (Phi) is 3.83. The van der Waals surface area contributed by atoms with E-state index in [1.54, 1.807) is 0 Å². The number of aryl methyl sites for hydroxylation is 2. The molecule has 5 nitrogen and oxygen atoms in total. The van der Waals surface area contributed by atoms with Crippen LogP contribution in [0, 0.1) is 0 Å². The maximum Gasteiger partial charge on any atom is 0.251 e. The fourth-order valence-electron chi connectivity index (χ4n) is 4.42. The highest BCUT2D eigenvalue weighted by Crippen LogP contribution is 2.28. The van der Waals surface area contributed by atoms with Crippen LogP contribution in [-0.4, -0.2) is 15.5 Å². The SMILES string of the molecule is Cn1cc(CC(=O)Nc2ccc3c4c(c(=O)[nH]c3c2)CCC4)c2ccccc21. The molecule has 28 heavy (non-hydrogen) atoms. The third-order valence-electron chi connectivity index (χ3n) is 5.70. The number of aromatic amines is 1. The van der Waals surface area contributed by atoms with Gasteiger partial charge in [0.1, 0.15) is 0 Å². The van der Waals surface area contributed by atoms with Crippen molar-refractivity contribution in [1.29, 1.82) is 0 Å². The number of hydrogen-bond acceptors (Lipinski definition) is 2. The first-order valence-electron chi connectivity index (χ1n) is 9.61. The maximum absolute atomic E-state index is 12.6. The molecule has 1 aliphatic rings. The minimum atomic E-state index is -0.0702. The van der Waals surface area contributed by atoms with Crippen LogP contribution in [0.5, 0.6) is 0 Å². The zero-order valence-electron chi connectivity index (χ0n) is 15.7. The number of anilines is 1. The third-order valence-corrected chi connectivity index (χ3v) is 5.70. The summed E-state index contributed by atoms with van der Waals surface area (Å²) in [6.07, 6.45) is 5.14. The minimum Gasteiger partial charge on any atom is -0.350 e. The number of para-hydroxylation sites is 1. The molecule has 2 aromatic heterocycles. The Balaban J connectivity index is 1.42. The van der Waals surface area contributed by atoms with E-state index in [0.717, 1.165) is 57.8 Å². The van der Waals surface area contributed by atoms with Crippen molar-refractivity contribution in [2.75, 3.05) is 5.32 Å². The molecule has 2 aromatic carbocycles. The quantitative estimate of drug-likeness (QED) is 0.577. The number of rotatable bonds is 3. The van der Waals surface area contributed by atoms with E-state index < -0.39 is 0 Å². The number of nitrogens with one attached hydrogen (secondary N) is 2.